The summed E-state index contributed by atoms with van der Waals surface area (Å²) in [6, 6.07) is 7.79. The standard InChI is InChI=1S/C16H24N2O3/c1-12(2)21-10-4-9-17-15(19)16(20)18-11-14-7-5-13(3)6-8-14/h5-8,12H,4,9-11H2,1-3H3,(H,17,19)(H,18,20). The van der Waals surface area contributed by atoms with Crippen LogP contribution >= 0.6 is 0 Å². The second kappa shape index (κ2) is 9.13. The quantitative estimate of drug-likeness (QED) is 0.592. The highest BCUT2D eigenvalue weighted by Gasteiger charge is 2.11. The van der Waals surface area contributed by atoms with Crippen LogP contribution in [0.4, 0.5) is 0 Å². The average Bonchev–Trinajstić information content (AvgIpc) is 2.45. The maximum Gasteiger partial charge on any atom is 0.309 e. The molecule has 1 rings (SSSR count). The Kier molecular flexibility index (Phi) is 7.46. The van der Waals surface area contributed by atoms with Gasteiger partial charge in [-0.1, -0.05) is 29.8 Å². The number of aryl methyl sites for hydroxylation is 1. The van der Waals surface area contributed by atoms with Gasteiger partial charge in [-0.25, -0.2) is 0 Å². The van der Waals surface area contributed by atoms with Crippen molar-refractivity contribution in [2.45, 2.75) is 39.8 Å². The number of hydrogen-bond acceptors (Lipinski definition) is 3. The predicted octanol–water partition coefficient (Wildman–Crippen LogP) is 1.54. The normalized spacial score (nSPS) is 10.5. The third kappa shape index (κ3) is 7.46. The van der Waals surface area contributed by atoms with E-state index >= 15 is 0 Å². The minimum atomic E-state index is -0.611. The Hall–Kier alpha value is -1.88. The van der Waals surface area contributed by atoms with Crippen molar-refractivity contribution in [3.05, 3.63) is 35.4 Å². The van der Waals surface area contributed by atoms with Crippen LogP contribution in [0.5, 0.6) is 0 Å². The predicted molar refractivity (Wildman–Crippen MR) is 81.7 cm³/mol. The highest BCUT2D eigenvalue weighted by atomic mass is 16.5. The molecule has 5 heteroatoms. The van der Waals surface area contributed by atoms with Crippen molar-refractivity contribution in [3.8, 4) is 0 Å². The van der Waals surface area contributed by atoms with E-state index in [9.17, 15) is 9.59 Å². The number of benzene rings is 1. The fourth-order valence-corrected chi connectivity index (χ4v) is 1.64. The molecule has 1 aromatic carbocycles. The first-order valence-electron chi connectivity index (χ1n) is 7.22. The smallest absolute Gasteiger partial charge is 0.309 e. The largest absolute Gasteiger partial charge is 0.379 e. The van der Waals surface area contributed by atoms with Gasteiger partial charge in [0.25, 0.3) is 0 Å². The van der Waals surface area contributed by atoms with Gasteiger partial charge in [-0.05, 0) is 32.8 Å². The summed E-state index contributed by atoms with van der Waals surface area (Å²) in [6.07, 6.45) is 0.869. The van der Waals surface area contributed by atoms with Crippen molar-refractivity contribution in [1.82, 2.24) is 10.6 Å². The van der Waals surface area contributed by atoms with Gasteiger partial charge in [-0.2, -0.15) is 0 Å². The molecule has 0 atom stereocenters. The van der Waals surface area contributed by atoms with Gasteiger partial charge < -0.3 is 15.4 Å². The molecule has 0 saturated carbocycles. The van der Waals surface area contributed by atoms with Crippen LogP contribution in [0.3, 0.4) is 0 Å². The number of nitrogens with one attached hydrogen (secondary N) is 2. The summed E-state index contributed by atoms with van der Waals surface area (Å²) < 4.78 is 5.35. The summed E-state index contributed by atoms with van der Waals surface area (Å²) in [5.41, 5.74) is 2.12. The molecule has 0 aliphatic rings. The van der Waals surface area contributed by atoms with Crippen LogP contribution in [0.1, 0.15) is 31.4 Å². The van der Waals surface area contributed by atoms with E-state index in [0.29, 0.717) is 26.1 Å². The SMILES string of the molecule is Cc1ccc(CNC(=O)C(=O)NCCCOC(C)C)cc1. The first-order chi connectivity index (χ1) is 9.99. The van der Waals surface area contributed by atoms with Crippen LogP contribution in [0.15, 0.2) is 24.3 Å². The first kappa shape index (κ1) is 17.2. The lowest BCUT2D eigenvalue weighted by atomic mass is 10.1. The maximum atomic E-state index is 11.6. The fraction of sp³-hybridized carbons (Fsp3) is 0.500. The van der Waals surface area contributed by atoms with Crippen molar-refractivity contribution >= 4 is 11.8 Å². The van der Waals surface area contributed by atoms with Gasteiger partial charge >= 0.3 is 11.8 Å². The fourth-order valence-electron chi connectivity index (χ4n) is 1.64. The molecular formula is C16H24N2O3. The van der Waals surface area contributed by atoms with Crippen molar-refractivity contribution in [2.24, 2.45) is 0 Å². The third-order valence-electron chi connectivity index (χ3n) is 2.84. The van der Waals surface area contributed by atoms with Gasteiger partial charge in [0.05, 0.1) is 6.10 Å². The van der Waals surface area contributed by atoms with Gasteiger partial charge in [-0.3, -0.25) is 9.59 Å². The van der Waals surface area contributed by atoms with Gasteiger partial charge in [-0.15, -0.1) is 0 Å². The second-order valence-electron chi connectivity index (χ2n) is 5.20. The summed E-state index contributed by atoms with van der Waals surface area (Å²) in [6.45, 7) is 7.27. The van der Waals surface area contributed by atoms with Crippen molar-refractivity contribution in [1.29, 1.82) is 0 Å². The average molecular weight is 292 g/mol. The summed E-state index contributed by atoms with van der Waals surface area (Å²) >= 11 is 0. The molecule has 0 spiro atoms. The lowest BCUT2D eigenvalue weighted by Gasteiger charge is -2.08. The van der Waals surface area contributed by atoms with Gasteiger partial charge in [0.1, 0.15) is 0 Å². The zero-order chi connectivity index (χ0) is 15.7. The summed E-state index contributed by atoms with van der Waals surface area (Å²) in [4.78, 5) is 23.2. The minimum absolute atomic E-state index is 0.179. The van der Waals surface area contributed by atoms with E-state index in [1.165, 1.54) is 0 Å². The van der Waals surface area contributed by atoms with Gasteiger partial charge in [0, 0.05) is 19.7 Å². The summed E-state index contributed by atoms with van der Waals surface area (Å²) in [5, 5.41) is 5.17. The Morgan fingerprint density at radius 1 is 1.10 bits per heavy atom. The molecule has 2 amide bonds. The second-order valence-corrected chi connectivity index (χ2v) is 5.20. The lowest BCUT2D eigenvalue weighted by molar-refractivity contribution is -0.139. The molecule has 21 heavy (non-hydrogen) atoms. The van der Waals surface area contributed by atoms with E-state index in [4.69, 9.17) is 4.74 Å². The molecule has 0 unspecified atom stereocenters. The molecule has 1 aromatic rings. The number of ether oxygens (including phenoxy) is 1. The highest BCUT2D eigenvalue weighted by Crippen LogP contribution is 2.02. The molecule has 0 fully saturated rings. The van der Waals surface area contributed by atoms with Crippen LogP contribution < -0.4 is 10.6 Å². The Balaban J connectivity index is 2.19. The zero-order valence-electron chi connectivity index (χ0n) is 12.9. The molecule has 0 saturated heterocycles. The van der Waals surface area contributed by atoms with Crippen LogP contribution in [0.25, 0.3) is 0 Å². The lowest BCUT2D eigenvalue weighted by Crippen LogP contribution is -2.40. The van der Waals surface area contributed by atoms with Crippen LogP contribution in [0, 0.1) is 6.92 Å². The van der Waals surface area contributed by atoms with Crippen molar-refractivity contribution in [3.63, 3.8) is 0 Å². The molecule has 0 radical (unpaired) electrons. The molecular weight excluding hydrogens is 268 g/mol. The van der Waals surface area contributed by atoms with Crippen molar-refractivity contribution in [2.75, 3.05) is 13.2 Å². The number of carbonyl (C=O) groups excluding carboxylic acids is 2. The van der Waals surface area contributed by atoms with E-state index in [2.05, 4.69) is 10.6 Å². The molecule has 0 aliphatic heterocycles. The first-order valence-corrected chi connectivity index (χ1v) is 7.22. The maximum absolute atomic E-state index is 11.6. The summed E-state index contributed by atoms with van der Waals surface area (Å²) in [5.74, 6) is -1.22. The van der Waals surface area contributed by atoms with Gasteiger partial charge in [0.2, 0.25) is 0 Å². The van der Waals surface area contributed by atoms with Gasteiger partial charge in [0.15, 0.2) is 0 Å². The van der Waals surface area contributed by atoms with E-state index < -0.39 is 11.8 Å². The Morgan fingerprint density at radius 3 is 2.33 bits per heavy atom. The van der Waals surface area contributed by atoms with E-state index in [1.54, 1.807) is 0 Å². The minimum Gasteiger partial charge on any atom is -0.379 e. The monoisotopic (exact) mass is 292 g/mol. The molecule has 0 bridgehead atoms. The molecule has 0 heterocycles. The van der Waals surface area contributed by atoms with E-state index in [0.717, 1.165) is 11.1 Å². The highest BCUT2D eigenvalue weighted by molar-refractivity contribution is 6.35. The molecule has 0 aromatic heterocycles. The number of carbonyl (C=O) groups is 2. The number of amides is 2. The third-order valence-corrected chi connectivity index (χ3v) is 2.84. The molecule has 0 aliphatic carbocycles. The topological polar surface area (TPSA) is 67.4 Å². The Labute approximate surface area is 126 Å². The Morgan fingerprint density at radius 2 is 1.71 bits per heavy atom. The molecule has 5 nitrogen and oxygen atoms in total. The number of rotatable bonds is 7. The number of hydrogen-bond donors (Lipinski definition) is 2. The molecule has 2 N–H and O–H groups in total. The van der Waals surface area contributed by atoms with Crippen molar-refractivity contribution < 1.29 is 14.3 Å². The molecule has 116 valence electrons. The van der Waals surface area contributed by atoms with Crippen LogP contribution in [-0.2, 0) is 20.9 Å². The van der Waals surface area contributed by atoms with Crippen LogP contribution in [-0.4, -0.2) is 31.1 Å². The summed E-state index contributed by atoms with van der Waals surface area (Å²) in [7, 11) is 0. The van der Waals surface area contributed by atoms with Crippen LogP contribution in [0.2, 0.25) is 0 Å². The van der Waals surface area contributed by atoms with E-state index in [-0.39, 0.29) is 6.10 Å². The Bertz CT molecular complexity index is 455. The van der Waals surface area contributed by atoms with E-state index in [1.807, 2.05) is 45.0 Å². The zero-order valence-corrected chi connectivity index (χ0v) is 12.9.